The molecule has 0 N–H and O–H groups in total. The lowest BCUT2D eigenvalue weighted by atomic mass is 10.0. The van der Waals surface area contributed by atoms with Crippen molar-refractivity contribution >= 4 is 23.7 Å². The van der Waals surface area contributed by atoms with E-state index in [4.69, 9.17) is 0 Å². The molecule has 1 aliphatic rings. The zero-order valence-electron chi connectivity index (χ0n) is 21.3. The van der Waals surface area contributed by atoms with Crippen LogP contribution in [0.2, 0.25) is 0 Å². The van der Waals surface area contributed by atoms with Crippen LogP contribution in [-0.2, 0) is 12.8 Å². The SMILES string of the molecule is C#C[CH2].C=C(/C=C(/c1ccccc1)N(C)CC/C=C1/CCCc2ccccc2C1)c1ccccc1.Cl. The smallest absolute Gasteiger partial charge is 0.0443 e. The summed E-state index contributed by atoms with van der Waals surface area (Å²) in [6.07, 6.45) is 15.0. The molecule has 0 saturated carbocycles. The van der Waals surface area contributed by atoms with Gasteiger partial charge in [-0.1, -0.05) is 103 Å². The van der Waals surface area contributed by atoms with Crippen molar-refractivity contribution < 1.29 is 0 Å². The zero-order chi connectivity index (χ0) is 24.9. The Morgan fingerprint density at radius 3 is 2.08 bits per heavy atom. The van der Waals surface area contributed by atoms with Gasteiger partial charge in [0.25, 0.3) is 0 Å². The van der Waals surface area contributed by atoms with Crippen LogP contribution in [0.4, 0.5) is 0 Å². The summed E-state index contributed by atoms with van der Waals surface area (Å²) in [4.78, 5) is 2.37. The lowest BCUT2D eigenvalue weighted by Crippen LogP contribution is -2.18. The second-order valence-electron chi connectivity index (χ2n) is 8.86. The molecule has 1 aliphatic carbocycles. The maximum Gasteiger partial charge on any atom is 0.0443 e. The van der Waals surface area contributed by atoms with Crippen LogP contribution in [0, 0.1) is 19.3 Å². The Balaban J connectivity index is 0.00000109. The van der Waals surface area contributed by atoms with Gasteiger partial charge in [-0.25, -0.2) is 0 Å². The summed E-state index contributed by atoms with van der Waals surface area (Å²) in [7, 11) is 2.19. The molecule has 0 fully saturated rings. The molecule has 4 rings (SSSR count). The molecule has 0 aromatic heterocycles. The molecule has 0 unspecified atom stereocenters. The van der Waals surface area contributed by atoms with Gasteiger partial charge in [0.2, 0.25) is 0 Å². The van der Waals surface area contributed by atoms with E-state index in [2.05, 4.69) is 123 Å². The standard InChI is InChI=1S/C31H33N.C3H3.ClH/c1-25(27-15-5-3-6-16-27)23-31(29-18-7-4-8-19-29)32(2)22-12-14-26-13-11-21-28-17-9-10-20-30(28)24-26;1-3-2;/h3-10,14-20,23H,1,11-13,21-22,24H2,2H3;1H,2H2;1H/b26-14-,31-23-;;. The quantitative estimate of drug-likeness (QED) is 0.138. The van der Waals surface area contributed by atoms with Gasteiger partial charge < -0.3 is 4.90 Å². The Bertz CT molecular complexity index is 1180. The number of halogens is 1. The third-order valence-corrected chi connectivity index (χ3v) is 6.31. The van der Waals surface area contributed by atoms with E-state index in [0.29, 0.717) is 0 Å². The van der Waals surface area contributed by atoms with Crippen molar-refractivity contribution in [2.24, 2.45) is 0 Å². The minimum absolute atomic E-state index is 0. The van der Waals surface area contributed by atoms with Gasteiger partial charge in [-0.05, 0) is 66.0 Å². The largest absolute Gasteiger partial charge is 0.374 e. The minimum Gasteiger partial charge on any atom is -0.374 e. The van der Waals surface area contributed by atoms with Crippen LogP contribution >= 0.6 is 12.4 Å². The number of hydrogen-bond donors (Lipinski definition) is 0. The van der Waals surface area contributed by atoms with Crippen LogP contribution in [0.5, 0.6) is 0 Å². The number of allylic oxidation sites excluding steroid dienone is 3. The van der Waals surface area contributed by atoms with Crippen LogP contribution in [0.15, 0.2) is 109 Å². The molecule has 0 spiro atoms. The number of hydrogen-bond acceptors (Lipinski definition) is 1. The number of nitrogens with zero attached hydrogens (tertiary/aromatic N) is 1. The molecule has 0 heterocycles. The first-order valence-electron chi connectivity index (χ1n) is 12.3. The third kappa shape index (κ3) is 8.63. The molecule has 1 radical (unpaired) electrons. The van der Waals surface area contributed by atoms with E-state index in [1.54, 1.807) is 5.57 Å². The molecule has 3 aromatic carbocycles. The molecule has 0 aliphatic heterocycles. The van der Waals surface area contributed by atoms with Crippen molar-refractivity contribution in [2.75, 3.05) is 13.6 Å². The van der Waals surface area contributed by atoms with Gasteiger partial charge in [-0.15, -0.1) is 24.8 Å². The maximum absolute atomic E-state index is 4.49. The van der Waals surface area contributed by atoms with E-state index in [9.17, 15) is 0 Å². The molecular weight excluding hydrogens is 458 g/mol. The first-order chi connectivity index (χ1) is 17.1. The van der Waals surface area contributed by atoms with E-state index in [-0.39, 0.29) is 12.4 Å². The molecule has 1 nitrogen and oxygen atoms in total. The second kappa shape index (κ2) is 15.5. The molecule has 2 heteroatoms. The molecule has 0 atom stereocenters. The Labute approximate surface area is 224 Å². The van der Waals surface area contributed by atoms with Gasteiger partial charge in [0.15, 0.2) is 0 Å². The van der Waals surface area contributed by atoms with Crippen LogP contribution in [0.1, 0.15) is 41.5 Å². The average Bonchev–Trinajstić information content (AvgIpc) is 3.10. The van der Waals surface area contributed by atoms with Gasteiger partial charge in [0, 0.05) is 26.2 Å². The van der Waals surface area contributed by atoms with Gasteiger partial charge in [-0.3, -0.25) is 0 Å². The monoisotopic (exact) mass is 494 g/mol. The summed E-state index contributed by atoms with van der Waals surface area (Å²) in [6, 6.07) is 30.0. The second-order valence-corrected chi connectivity index (χ2v) is 8.86. The summed E-state index contributed by atoms with van der Waals surface area (Å²) < 4.78 is 0. The maximum atomic E-state index is 4.49. The van der Waals surface area contributed by atoms with Gasteiger partial charge >= 0.3 is 0 Å². The first-order valence-corrected chi connectivity index (χ1v) is 12.3. The molecule has 0 bridgehead atoms. The normalized spacial score (nSPS) is 13.7. The Morgan fingerprint density at radius 1 is 0.889 bits per heavy atom. The molecule has 0 saturated heterocycles. The molecule has 185 valence electrons. The number of fused-ring (bicyclic) bond motifs is 1. The van der Waals surface area contributed by atoms with Crippen molar-refractivity contribution in [3.63, 3.8) is 0 Å². The number of rotatable bonds is 7. The highest BCUT2D eigenvalue weighted by molar-refractivity contribution is 5.85. The van der Waals surface area contributed by atoms with Gasteiger partial charge in [0.1, 0.15) is 0 Å². The predicted molar refractivity (Wildman–Crippen MR) is 160 cm³/mol. The summed E-state index contributed by atoms with van der Waals surface area (Å²) in [5, 5.41) is 0. The van der Waals surface area contributed by atoms with Crippen molar-refractivity contribution in [2.45, 2.75) is 32.1 Å². The van der Waals surface area contributed by atoms with Crippen molar-refractivity contribution in [3.05, 3.63) is 138 Å². The minimum atomic E-state index is 0. The number of terminal acetylenes is 1. The van der Waals surface area contributed by atoms with Crippen LogP contribution in [0.25, 0.3) is 11.3 Å². The predicted octanol–water partition coefficient (Wildman–Crippen LogP) is 8.44. The average molecular weight is 495 g/mol. The fourth-order valence-corrected chi connectivity index (χ4v) is 4.49. The van der Waals surface area contributed by atoms with Crippen molar-refractivity contribution in [1.29, 1.82) is 0 Å². The Hall–Kier alpha value is -3.47. The lowest BCUT2D eigenvalue weighted by Gasteiger charge is -2.23. The highest BCUT2D eigenvalue weighted by atomic mass is 35.5. The molecule has 36 heavy (non-hydrogen) atoms. The molecule has 3 aromatic rings. The Kier molecular flexibility index (Phi) is 12.4. The highest BCUT2D eigenvalue weighted by Crippen LogP contribution is 2.26. The fraction of sp³-hybridized carbons (Fsp3) is 0.206. The van der Waals surface area contributed by atoms with E-state index in [1.165, 1.54) is 41.6 Å². The van der Waals surface area contributed by atoms with Gasteiger partial charge in [0.05, 0.1) is 0 Å². The van der Waals surface area contributed by atoms with Crippen molar-refractivity contribution in [3.8, 4) is 12.3 Å². The van der Waals surface area contributed by atoms with E-state index >= 15 is 0 Å². The van der Waals surface area contributed by atoms with Crippen molar-refractivity contribution in [1.82, 2.24) is 4.90 Å². The first kappa shape index (κ1) is 28.8. The number of benzene rings is 3. The van der Waals surface area contributed by atoms with Gasteiger partial charge in [-0.2, -0.15) is 0 Å². The summed E-state index contributed by atoms with van der Waals surface area (Å²) in [5.74, 6) is 2.00. The fourth-order valence-electron chi connectivity index (χ4n) is 4.49. The highest BCUT2D eigenvalue weighted by Gasteiger charge is 2.12. The summed E-state index contributed by atoms with van der Waals surface area (Å²) >= 11 is 0. The van der Waals surface area contributed by atoms with Crippen LogP contribution < -0.4 is 0 Å². The van der Waals surface area contributed by atoms with E-state index in [1.807, 2.05) is 12.0 Å². The lowest BCUT2D eigenvalue weighted by molar-refractivity contribution is 0.487. The topological polar surface area (TPSA) is 3.24 Å². The third-order valence-electron chi connectivity index (χ3n) is 6.31. The van der Waals surface area contributed by atoms with Crippen LogP contribution in [0.3, 0.4) is 0 Å². The van der Waals surface area contributed by atoms with E-state index in [0.717, 1.165) is 30.5 Å². The zero-order valence-corrected chi connectivity index (χ0v) is 22.1. The summed E-state index contributed by atoms with van der Waals surface area (Å²) in [5.41, 5.74) is 9.26. The Morgan fingerprint density at radius 2 is 1.44 bits per heavy atom. The number of aryl methyl sites for hydroxylation is 1. The molecular formula is C34H37ClN. The summed E-state index contributed by atoms with van der Waals surface area (Å²) in [6.45, 7) is 8.34. The van der Waals surface area contributed by atoms with E-state index < -0.39 is 0 Å². The molecule has 0 amide bonds. The van der Waals surface area contributed by atoms with Crippen LogP contribution in [-0.4, -0.2) is 18.5 Å².